The van der Waals surface area contributed by atoms with Crippen molar-refractivity contribution in [2.45, 2.75) is 65.5 Å². The van der Waals surface area contributed by atoms with Gasteiger partial charge in [0.05, 0.1) is 0 Å². The fourth-order valence-corrected chi connectivity index (χ4v) is 7.16. The molecule has 0 N–H and O–H groups in total. The molecule has 6 aromatic rings. The van der Waals surface area contributed by atoms with Crippen molar-refractivity contribution in [1.29, 1.82) is 0 Å². The summed E-state index contributed by atoms with van der Waals surface area (Å²) in [7, 11) is 11.0. The van der Waals surface area contributed by atoms with Crippen LogP contribution in [0.1, 0.15) is 50.7 Å². The summed E-state index contributed by atoms with van der Waals surface area (Å²) >= 11 is -0.826. The van der Waals surface area contributed by atoms with E-state index < -0.39 is 20.8 Å². The van der Waals surface area contributed by atoms with Gasteiger partial charge in [0.1, 0.15) is 0 Å². The van der Waals surface area contributed by atoms with E-state index in [0.717, 1.165) is 22.4 Å². The van der Waals surface area contributed by atoms with Gasteiger partial charge in [-0.2, -0.15) is 12.1 Å². The summed E-state index contributed by atoms with van der Waals surface area (Å²) < 4.78 is 0. The second-order valence-corrected chi connectivity index (χ2v) is 17.8. The molecule has 8 rings (SSSR count). The quantitative estimate of drug-likeness (QED) is 0.122. The maximum absolute atomic E-state index is 4.93. The van der Waals surface area contributed by atoms with Crippen molar-refractivity contribution in [1.82, 2.24) is 0 Å². The molecule has 6 heteroatoms. The van der Waals surface area contributed by atoms with Crippen molar-refractivity contribution >= 4 is 59.5 Å². The number of halogens is 2. The van der Waals surface area contributed by atoms with E-state index in [2.05, 4.69) is 146 Å². The van der Waals surface area contributed by atoms with Crippen molar-refractivity contribution in [2.24, 2.45) is 0 Å². The van der Waals surface area contributed by atoms with Crippen molar-refractivity contribution in [3.63, 3.8) is 0 Å². The van der Waals surface area contributed by atoms with Crippen LogP contribution in [0.15, 0.2) is 109 Å². The van der Waals surface area contributed by atoms with E-state index in [0.29, 0.717) is 0 Å². The van der Waals surface area contributed by atoms with Crippen LogP contribution in [0.3, 0.4) is 0 Å². The van der Waals surface area contributed by atoms with Crippen LogP contribution in [0.4, 0.5) is 11.4 Å². The van der Waals surface area contributed by atoms with Gasteiger partial charge < -0.3 is 9.80 Å². The second kappa shape index (κ2) is 19.8. The van der Waals surface area contributed by atoms with Crippen LogP contribution < -0.4 is 9.80 Å². The molecule has 6 aromatic carbocycles. The van der Waals surface area contributed by atoms with Crippen LogP contribution in [0, 0.1) is 0 Å². The average Bonchev–Trinajstić information content (AvgIpc) is 3.99. The third-order valence-corrected chi connectivity index (χ3v) is 9.74. The summed E-state index contributed by atoms with van der Waals surface area (Å²) in [6.45, 7) is 13.6. The molecule has 0 atom stereocenters. The monoisotopic (exact) mass is 794 g/mol. The number of nitrogens with zero attached hydrogens (tertiary/aromatic N) is 2. The van der Waals surface area contributed by atoms with Gasteiger partial charge in [-0.05, 0) is 73.9 Å². The van der Waals surface area contributed by atoms with Gasteiger partial charge in [0.15, 0.2) is 0 Å². The summed E-state index contributed by atoms with van der Waals surface area (Å²) in [6, 6.07) is 40.8. The number of aryl methyl sites for hydroxylation is 2. The molecule has 0 aliphatic carbocycles. The molecule has 0 saturated carbocycles. The molecule has 2 nitrogen and oxygen atoms in total. The SMILES string of the molecule is CCc1cc2c(-c3ccc(N4CCCC4)cc3)cccc2[cH-]1.CCc1cc2c(-c3ccc(N4CCCC4)cc3)cccc2[cH-]1.C[Si]C.[Cl][Zr+2][Cl]. The van der Waals surface area contributed by atoms with E-state index in [9.17, 15) is 0 Å². The summed E-state index contributed by atoms with van der Waals surface area (Å²) in [6.07, 6.45) is 7.51. The maximum atomic E-state index is 4.93. The Morgan fingerprint density at radius 3 is 1.24 bits per heavy atom. The summed E-state index contributed by atoms with van der Waals surface area (Å²) in [4.78, 5) is 4.98. The minimum absolute atomic E-state index is 0.826. The van der Waals surface area contributed by atoms with E-state index in [1.807, 2.05) is 0 Å². The zero-order valence-corrected chi connectivity index (χ0v) is 35.1. The molecule has 0 unspecified atom stereocenters. The number of rotatable bonds is 6. The molecule has 0 bridgehead atoms. The first-order valence-corrected chi connectivity index (χ1v) is 26.5. The number of hydrogen-bond acceptors (Lipinski definition) is 2. The third-order valence-electron chi connectivity index (χ3n) is 9.74. The molecule has 2 heterocycles. The van der Waals surface area contributed by atoms with Crippen molar-refractivity contribution in [2.75, 3.05) is 36.0 Å². The Bertz CT molecular complexity index is 1740. The molecule has 50 heavy (non-hydrogen) atoms. The fraction of sp³-hybridized carbons (Fsp3) is 0.318. The van der Waals surface area contributed by atoms with Gasteiger partial charge in [0.25, 0.3) is 0 Å². The van der Waals surface area contributed by atoms with Crippen LogP contribution in [0.25, 0.3) is 43.8 Å². The number of anilines is 2. The molecule has 2 fully saturated rings. The molecule has 0 spiro atoms. The third kappa shape index (κ3) is 9.82. The Labute approximate surface area is 322 Å². The van der Waals surface area contributed by atoms with Crippen molar-refractivity contribution in [3.05, 3.63) is 120 Å². The first-order chi connectivity index (χ1) is 24.5. The zero-order valence-electron chi connectivity index (χ0n) is 30.1. The number of hydrogen-bond donors (Lipinski definition) is 0. The molecular weight excluding hydrogens is 747 g/mol. The van der Waals surface area contributed by atoms with Crippen molar-refractivity contribution < 1.29 is 20.8 Å². The first kappa shape index (κ1) is 38.6. The molecule has 0 amide bonds. The molecule has 0 aromatic heterocycles. The van der Waals surface area contributed by atoms with Gasteiger partial charge in [-0.25, -0.2) is 0 Å². The Hall–Kier alpha value is -2.62. The Morgan fingerprint density at radius 1 is 0.580 bits per heavy atom. The summed E-state index contributed by atoms with van der Waals surface area (Å²) in [5.74, 6) is 0. The molecule has 2 aliphatic heterocycles. The van der Waals surface area contributed by atoms with E-state index in [1.165, 1.54) is 118 Å². The summed E-state index contributed by atoms with van der Waals surface area (Å²) in [5.41, 5.74) is 10.9. The topological polar surface area (TPSA) is 6.48 Å². The van der Waals surface area contributed by atoms with E-state index in [4.69, 9.17) is 17.0 Å². The van der Waals surface area contributed by atoms with Crippen LogP contribution in [-0.2, 0) is 33.7 Å². The van der Waals surface area contributed by atoms with E-state index in [-0.39, 0.29) is 0 Å². The molecule has 258 valence electrons. The number of fused-ring (bicyclic) bond motifs is 2. The first-order valence-electron chi connectivity index (χ1n) is 18.2. The van der Waals surface area contributed by atoms with Crippen LogP contribution in [-0.4, -0.2) is 35.7 Å². The average molecular weight is 797 g/mol. The van der Waals surface area contributed by atoms with Crippen LogP contribution in [0.2, 0.25) is 13.1 Å². The van der Waals surface area contributed by atoms with E-state index >= 15 is 0 Å². The Morgan fingerprint density at radius 2 is 0.920 bits per heavy atom. The second-order valence-electron chi connectivity index (χ2n) is 13.1. The molecular formula is C44H50Cl2N2SiZr. The van der Waals surface area contributed by atoms with Crippen LogP contribution in [0.5, 0.6) is 0 Å². The summed E-state index contributed by atoms with van der Waals surface area (Å²) in [5, 5.41) is 5.48. The zero-order chi connectivity index (χ0) is 35.3. The van der Waals surface area contributed by atoms with E-state index in [1.54, 1.807) is 0 Å². The fourth-order valence-electron chi connectivity index (χ4n) is 7.16. The molecule has 2 aliphatic rings. The number of benzene rings is 4. The van der Waals surface area contributed by atoms with Gasteiger partial charge in [-0.3, -0.25) is 0 Å². The van der Waals surface area contributed by atoms with Gasteiger partial charge in [-0.15, -0.1) is 69.1 Å². The normalized spacial score (nSPS) is 13.6. The predicted octanol–water partition coefficient (Wildman–Crippen LogP) is 12.9. The van der Waals surface area contributed by atoms with Gasteiger partial charge >= 0.3 is 37.9 Å². The minimum atomic E-state index is -0.826. The van der Waals surface area contributed by atoms with Gasteiger partial charge in [-0.1, -0.05) is 74.5 Å². The Balaban J connectivity index is 0.000000168. The standard InChI is InChI=1S/2C21H22N.C2H6Si.2ClH.Zr/c2*1-2-16-14-18-6-5-7-20(21(18)15-16)17-8-10-19(11-9-17)22-12-3-4-13-22;1-3-2;;;/h2*5-11,14-15H,2-4,12-13H2,1H3;1-2H3;2*1H;/q2*-1;;;;+4/p-2. The Kier molecular flexibility index (Phi) is 15.3. The van der Waals surface area contributed by atoms with Crippen LogP contribution >= 0.6 is 17.0 Å². The molecule has 2 saturated heterocycles. The van der Waals surface area contributed by atoms with Gasteiger partial charge in [0, 0.05) is 47.1 Å². The van der Waals surface area contributed by atoms with Crippen molar-refractivity contribution in [3.8, 4) is 22.3 Å². The molecule has 2 radical (unpaired) electrons. The van der Waals surface area contributed by atoms with Gasteiger partial charge in [0.2, 0.25) is 0 Å². The predicted molar refractivity (Wildman–Crippen MR) is 221 cm³/mol.